The molecule has 2 bridgehead atoms. The summed E-state index contributed by atoms with van der Waals surface area (Å²) >= 11 is 0. The number of oxime groups is 1. The van der Waals surface area contributed by atoms with Gasteiger partial charge in [-0.3, -0.25) is 9.59 Å². The molecule has 2 aliphatic carbocycles. The van der Waals surface area contributed by atoms with Crippen LogP contribution in [0, 0.1) is 11.8 Å². The summed E-state index contributed by atoms with van der Waals surface area (Å²) in [5.41, 5.74) is 9.15. The number of piperidine rings is 2. The third-order valence-corrected chi connectivity index (χ3v) is 7.88. The molecule has 34 heavy (non-hydrogen) atoms. The Bertz CT molecular complexity index is 1090. The molecule has 2 aromatic carbocycles. The fourth-order valence-electron chi connectivity index (χ4n) is 6.07. The zero-order valence-electron chi connectivity index (χ0n) is 19.3. The Morgan fingerprint density at radius 2 is 1.74 bits per heavy atom. The molecular formula is C27H32N4O3. The van der Waals surface area contributed by atoms with E-state index in [2.05, 4.69) is 10.5 Å². The van der Waals surface area contributed by atoms with Gasteiger partial charge in [-0.2, -0.15) is 0 Å². The van der Waals surface area contributed by atoms with Gasteiger partial charge in [0.2, 0.25) is 11.8 Å². The van der Waals surface area contributed by atoms with Gasteiger partial charge in [0.15, 0.2) is 5.84 Å². The molecule has 2 unspecified atom stereocenters. The minimum atomic E-state index is -0.143. The molecule has 4 aliphatic rings. The van der Waals surface area contributed by atoms with Crippen LogP contribution < -0.4 is 16.0 Å². The lowest BCUT2D eigenvalue weighted by Gasteiger charge is -2.44. The second-order valence-corrected chi connectivity index (χ2v) is 9.86. The van der Waals surface area contributed by atoms with E-state index >= 15 is 0 Å². The fraction of sp³-hybridized carbons (Fsp3) is 0.444. The van der Waals surface area contributed by atoms with Crippen LogP contribution in [-0.2, 0) is 9.59 Å². The summed E-state index contributed by atoms with van der Waals surface area (Å²) in [5, 5.41) is 15.2. The molecule has 2 aromatic rings. The number of hydrogen-bond donors (Lipinski definition) is 3. The molecule has 4 fully saturated rings. The number of carbonyl (C=O) groups excluding carboxylic acids is 2. The van der Waals surface area contributed by atoms with Crippen LogP contribution in [0.3, 0.4) is 0 Å². The summed E-state index contributed by atoms with van der Waals surface area (Å²) in [6.45, 7) is 0. The Labute approximate surface area is 200 Å². The van der Waals surface area contributed by atoms with E-state index in [4.69, 9.17) is 10.9 Å². The predicted molar refractivity (Wildman–Crippen MR) is 132 cm³/mol. The van der Waals surface area contributed by atoms with Crippen molar-refractivity contribution >= 4 is 29.0 Å². The van der Waals surface area contributed by atoms with Crippen molar-refractivity contribution in [3.05, 3.63) is 59.7 Å². The highest BCUT2D eigenvalue weighted by atomic mass is 16.4. The number of fused-ring (bicyclic) bond motifs is 3. The van der Waals surface area contributed by atoms with Gasteiger partial charge in [0.05, 0.1) is 0 Å². The van der Waals surface area contributed by atoms with Crippen LogP contribution in [0.1, 0.15) is 68.4 Å². The van der Waals surface area contributed by atoms with Crippen LogP contribution in [0.25, 0.3) is 0 Å². The van der Waals surface area contributed by atoms with E-state index in [0.29, 0.717) is 11.6 Å². The van der Waals surface area contributed by atoms with Crippen molar-refractivity contribution in [1.29, 1.82) is 0 Å². The van der Waals surface area contributed by atoms with Crippen LogP contribution in [0.15, 0.2) is 53.7 Å². The molecule has 2 saturated carbocycles. The van der Waals surface area contributed by atoms with E-state index in [0.717, 1.165) is 68.3 Å². The van der Waals surface area contributed by atoms with Crippen molar-refractivity contribution in [3.8, 4) is 0 Å². The molecule has 0 aromatic heterocycles. The lowest BCUT2D eigenvalue weighted by Crippen LogP contribution is -2.52. The largest absolute Gasteiger partial charge is 0.409 e. The predicted octanol–water partition coefficient (Wildman–Crippen LogP) is 4.60. The van der Waals surface area contributed by atoms with Gasteiger partial charge < -0.3 is 21.2 Å². The van der Waals surface area contributed by atoms with E-state index in [-0.39, 0.29) is 35.4 Å². The standard InChI is InChI=1S/C27H32N4O3/c28-25(30-34)19-5-3-4-18(16-19)23-6-1-2-7-24(23)26(32)29-20-10-14-22(15-11-20)31-21-12-8-17(9-13-21)27(31)33/h3-5,10-11,14-17,21,23-24,34H,1-2,6-9,12-13H2,(H2,28,30)(H,29,32). The van der Waals surface area contributed by atoms with Crippen molar-refractivity contribution in [2.24, 2.45) is 22.7 Å². The maximum absolute atomic E-state index is 13.3. The van der Waals surface area contributed by atoms with Gasteiger partial charge >= 0.3 is 0 Å². The molecule has 2 saturated heterocycles. The molecule has 178 valence electrons. The number of nitrogens with zero attached hydrogens (tertiary/aromatic N) is 2. The van der Waals surface area contributed by atoms with Gasteiger partial charge in [-0.25, -0.2) is 0 Å². The van der Waals surface area contributed by atoms with Crippen LogP contribution in [0.4, 0.5) is 11.4 Å². The number of carbonyl (C=O) groups is 2. The topological polar surface area (TPSA) is 108 Å². The molecule has 0 spiro atoms. The fourth-order valence-corrected chi connectivity index (χ4v) is 6.07. The van der Waals surface area contributed by atoms with Gasteiger partial charge in [-0.1, -0.05) is 36.2 Å². The Kier molecular flexibility index (Phi) is 6.26. The highest BCUT2D eigenvalue weighted by molar-refractivity contribution is 5.98. The molecule has 7 heteroatoms. The minimum Gasteiger partial charge on any atom is -0.409 e. The van der Waals surface area contributed by atoms with Gasteiger partial charge in [0, 0.05) is 34.8 Å². The smallest absolute Gasteiger partial charge is 0.230 e. The second-order valence-electron chi connectivity index (χ2n) is 9.86. The Morgan fingerprint density at radius 3 is 2.44 bits per heavy atom. The zero-order chi connectivity index (χ0) is 23.7. The maximum atomic E-state index is 13.3. The minimum absolute atomic E-state index is 0.0137. The first-order valence-corrected chi connectivity index (χ1v) is 12.4. The number of amidine groups is 1. The number of anilines is 2. The van der Waals surface area contributed by atoms with Gasteiger partial charge in [-0.05, 0) is 80.3 Å². The first-order chi connectivity index (χ1) is 16.5. The third kappa shape index (κ3) is 4.27. The normalized spacial score (nSPS) is 27.0. The molecular weight excluding hydrogens is 428 g/mol. The van der Waals surface area contributed by atoms with Crippen molar-refractivity contribution in [2.75, 3.05) is 10.2 Å². The van der Waals surface area contributed by atoms with E-state index in [1.54, 1.807) is 6.07 Å². The number of rotatable bonds is 5. The molecule has 2 amide bonds. The first kappa shape index (κ1) is 22.4. The molecule has 2 aliphatic heterocycles. The summed E-state index contributed by atoms with van der Waals surface area (Å²) in [6.07, 6.45) is 8.03. The molecule has 0 radical (unpaired) electrons. The van der Waals surface area contributed by atoms with Crippen LogP contribution in [0.2, 0.25) is 0 Å². The third-order valence-electron chi connectivity index (χ3n) is 7.88. The van der Waals surface area contributed by atoms with Gasteiger partial charge in [0.25, 0.3) is 0 Å². The van der Waals surface area contributed by atoms with Gasteiger partial charge in [0.1, 0.15) is 0 Å². The quantitative estimate of drug-likeness (QED) is 0.262. The Morgan fingerprint density at radius 1 is 1.00 bits per heavy atom. The summed E-state index contributed by atoms with van der Waals surface area (Å²) in [4.78, 5) is 28.0. The zero-order valence-corrected chi connectivity index (χ0v) is 19.3. The van der Waals surface area contributed by atoms with Crippen molar-refractivity contribution in [3.63, 3.8) is 0 Å². The summed E-state index contributed by atoms with van der Waals surface area (Å²) in [7, 11) is 0. The number of amides is 2. The average Bonchev–Trinajstić information content (AvgIpc) is 2.89. The number of nitrogens with one attached hydrogen (secondary N) is 1. The van der Waals surface area contributed by atoms with E-state index < -0.39 is 0 Å². The maximum Gasteiger partial charge on any atom is 0.230 e. The number of nitrogens with two attached hydrogens (primary N) is 1. The second kappa shape index (κ2) is 9.49. The Balaban J connectivity index is 1.30. The molecule has 2 atom stereocenters. The molecule has 6 rings (SSSR count). The lowest BCUT2D eigenvalue weighted by molar-refractivity contribution is -0.127. The van der Waals surface area contributed by atoms with Gasteiger partial charge in [-0.15, -0.1) is 0 Å². The number of benzene rings is 2. The monoisotopic (exact) mass is 460 g/mol. The van der Waals surface area contributed by atoms with E-state index in [9.17, 15) is 9.59 Å². The van der Waals surface area contributed by atoms with Crippen molar-refractivity contribution in [2.45, 2.75) is 63.3 Å². The Hall–Kier alpha value is -3.35. The summed E-state index contributed by atoms with van der Waals surface area (Å²) in [5.74, 6) is 0.443. The van der Waals surface area contributed by atoms with Crippen LogP contribution >= 0.6 is 0 Å². The molecule has 2 heterocycles. The van der Waals surface area contributed by atoms with Crippen molar-refractivity contribution in [1.82, 2.24) is 0 Å². The molecule has 4 N–H and O–H groups in total. The summed E-state index contributed by atoms with van der Waals surface area (Å²) < 4.78 is 0. The first-order valence-electron chi connectivity index (χ1n) is 12.4. The average molecular weight is 461 g/mol. The van der Waals surface area contributed by atoms with Crippen LogP contribution in [-0.4, -0.2) is 28.9 Å². The molecule has 7 nitrogen and oxygen atoms in total. The number of hydrogen-bond acceptors (Lipinski definition) is 4. The van der Waals surface area contributed by atoms with E-state index in [1.807, 2.05) is 47.4 Å². The highest BCUT2D eigenvalue weighted by Crippen LogP contribution is 2.40. The summed E-state index contributed by atoms with van der Waals surface area (Å²) in [6, 6.07) is 15.6. The van der Waals surface area contributed by atoms with Crippen LogP contribution in [0.5, 0.6) is 0 Å². The van der Waals surface area contributed by atoms with Crippen molar-refractivity contribution < 1.29 is 14.8 Å². The SMILES string of the molecule is N/C(=N\O)c1cccc(C2CCCCC2C(=O)Nc2ccc(N3C(=O)C4CCC3CC4)cc2)c1. The lowest BCUT2D eigenvalue weighted by atomic mass is 9.74. The van der Waals surface area contributed by atoms with E-state index in [1.165, 1.54) is 0 Å². The highest BCUT2D eigenvalue weighted by Gasteiger charge is 2.40.